The van der Waals surface area contributed by atoms with Gasteiger partial charge in [0.25, 0.3) is 0 Å². The molecule has 2 aromatic rings. The highest BCUT2D eigenvalue weighted by molar-refractivity contribution is 9.11. The molecule has 6 heteroatoms. The van der Waals surface area contributed by atoms with E-state index < -0.39 is 0 Å². The molecule has 0 radical (unpaired) electrons. The molecule has 0 N–H and O–H groups in total. The molecule has 1 unspecified atom stereocenters. The summed E-state index contributed by atoms with van der Waals surface area (Å²) in [7, 11) is 3.30. The number of hydrogen-bond donors (Lipinski definition) is 0. The number of hydrogen-bond acceptors (Lipinski definition) is 4. The van der Waals surface area contributed by atoms with Crippen molar-refractivity contribution in [2.75, 3.05) is 20.8 Å². The lowest BCUT2D eigenvalue weighted by Gasteiger charge is -2.25. The minimum Gasteiger partial charge on any atom is -0.497 e. The second kappa shape index (κ2) is 8.06. The van der Waals surface area contributed by atoms with Crippen molar-refractivity contribution in [3.8, 4) is 11.5 Å². The van der Waals surface area contributed by atoms with Crippen LogP contribution >= 0.6 is 27.3 Å². The normalized spacial score (nSPS) is 17.2. The van der Waals surface area contributed by atoms with E-state index in [4.69, 9.17) is 9.47 Å². The van der Waals surface area contributed by atoms with E-state index in [1.165, 1.54) is 0 Å². The Morgan fingerprint density at radius 2 is 2.12 bits per heavy atom. The number of likely N-dealkylation sites (tertiary alicyclic amines) is 1. The third kappa shape index (κ3) is 4.07. The first kappa shape index (κ1) is 18.0. The average Bonchev–Trinajstić information content (AvgIpc) is 3.28. The van der Waals surface area contributed by atoms with Crippen LogP contribution in [0.5, 0.6) is 11.5 Å². The lowest BCUT2D eigenvalue weighted by molar-refractivity contribution is -0.126. The maximum Gasteiger partial charge on any atom is 0.247 e. The molecule has 1 fully saturated rings. The van der Waals surface area contributed by atoms with Crippen LogP contribution in [0.3, 0.4) is 0 Å². The topological polar surface area (TPSA) is 38.8 Å². The molecule has 0 aliphatic carbocycles. The van der Waals surface area contributed by atoms with Crippen LogP contribution in [0, 0.1) is 0 Å². The lowest BCUT2D eigenvalue weighted by Crippen LogP contribution is -2.29. The van der Waals surface area contributed by atoms with Crippen LogP contribution in [0.2, 0.25) is 0 Å². The zero-order valence-electron chi connectivity index (χ0n) is 14.2. The number of thiophene rings is 1. The first-order chi connectivity index (χ1) is 12.1. The van der Waals surface area contributed by atoms with E-state index in [0.717, 1.165) is 45.1 Å². The SMILES string of the molecule is COc1ccc(OC)c(C2CCCN2C(=O)/C=C/c2ccc(Br)s2)c1. The van der Waals surface area contributed by atoms with Gasteiger partial charge in [0, 0.05) is 23.1 Å². The highest BCUT2D eigenvalue weighted by Crippen LogP contribution is 2.39. The molecule has 0 bridgehead atoms. The molecule has 0 saturated carbocycles. The fourth-order valence-corrected chi connectivity index (χ4v) is 4.45. The van der Waals surface area contributed by atoms with Gasteiger partial charge in [-0.2, -0.15) is 0 Å². The number of halogens is 1. The molecule has 4 nitrogen and oxygen atoms in total. The number of amides is 1. The van der Waals surface area contributed by atoms with Crippen LogP contribution in [0.1, 0.15) is 29.3 Å². The first-order valence-electron chi connectivity index (χ1n) is 8.08. The van der Waals surface area contributed by atoms with Gasteiger partial charge in [-0.15, -0.1) is 11.3 Å². The molecule has 1 aromatic heterocycles. The first-order valence-corrected chi connectivity index (χ1v) is 9.69. The van der Waals surface area contributed by atoms with Crippen molar-refractivity contribution >= 4 is 39.2 Å². The van der Waals surface area contributed by atoms with Gasteiger partial charge in [-0.3, -0.25) is 4.79 Å². The summed E-state index contributed by atoms with van der Waals surface area (Å²) < 4.78 is 11.9. The quantitative estimate of drug-likeness (QED) is 0.644. The molecule has 1 aliphatic heterocycles. The van der Waals surface area contributed by atoms with Crippen molar-refractivity contribution in [3.63, 3.8) is 0 Å². The van der Waals surface area contributed by atoms with Crippen LogP contribution in [0.15, 0.2) is 40.2 Å². The number of carbonyl (C=O) groups is 1. The summed E-state index contributed by atoms with van der Waals surface area (Å²) in [5.74, 6) is 1.59. The van der Waals surface area contributed by atoms with Gasteiger partial charge in [0.15, 0.2) is 0 Å². The van der Waals surface area contributed by atoms with Crippen molar-refractivity contribution in [2.24, 2.45) is 0 Å². The Morgan fingerprint density at radius 1 is 1.28 bits per heavy atom. The molecule has 1 aliphatic rings. The molecule has 2 heterocycles. The summed E-state index contributed by atoms with van der Waals surface area (Å²) in [5.41, 5.74) is 1.000. The smallest absolute Gasteiger partial charge is 0.247 e. The summed E-state index contributed by atoms with van der Waals surface area (Å²) in [5, 5.41) is 0. The Hall–Kier alpha value is -1.79. The number of benzene rings is 1. The van der Waals surface area contributed by atoms with Gasteiger partial charge in [0.1, 0.15) is 11.5 Å². The fourth-order valence-electron chi connectivity index (χ4n) is 3.12. The Kier molecular flexibility index (Phi) is 5.81. The van der Waals surface area contributed by atoms with Crippen LogP contribution in [-0.2, 0) is 4.79 Å². The van der Waals surface area contributed by atoms with E-state index in [0.29, 0.717) is 0 Å². The Labute approximate surface area is 160 Å². The Bertz CT molecular complexity index is 787. The lowest BCUT2D eigenvalue weighted by atomic mass is 10.0. The van der Waals surface area contributed by atoms with E-state index in [-0.39, 0.29) is 11.9 Å². The van der Waals surface area contributed by atoms with E-state index in [2.05, 4.69) is 15.9 Å². The van der Waals surface area contributed by atoms with Crippen molar-refractivity contribution < 1.29 is 14.3 Å². The molecule has 132 valence electrons. The highest BCUT2D eigenvalue weighted by Gasteiger charge is 2.31. The standard InChI is InChI=1S/C19H20BrNO3S/c1-23-13-5-8-17(24-2)15(12-13)16-4-3-11-21(16)19(22)10-7-14-6-9-18(20)25-14/h5-10,12,16H,3-4,11H2,1-2H3/b10-7+. The van der Waals surface area contributed by atoms with E-state index in [9.17, 15) is 4.79 Å². The van der Waals surface area contributed by atoms with Gasteiger partial charge >= 0.3 is 0 Å². The molecule has 1 amide bonds. The molecule has 1 saturated heterocycles. The average molecular weight is 422 g/mol. The van der Waals surface area contributed by atoms with Crippen molar-refractivity contribution in [1.29, 1.82) is 0 Å². The van der Waals surface area contributed by atoms with Crippen LogP contribution in [-0.4, -0.2) is 31.6 Å². The third-order valence-corrected chi connectivity index (χ3v) is 5.90. The summed E-state index contributed by atoms with van der Waals surface area (Å²) in [4.78, 5) is 15.7. The van der Waals surface area contributed by atoms with Crippen molar-refractivity contribution in [3.05, 3.63) is 50.6 Å². The molecular weight excluding hydrogens is 402 g/mol. The molecular formula is C19H20BrNO3S. The molecule has 0 spiro atoms. The van der Waals surface area contributed by atoms with E-state index >= 15 is 0 Å². The Balaban J connectivity index is 1.82. The predicted octanol–water partition coefficient (Wildman–Crippen LogP) is 4.90. The number of rotatable bonds is 5. The summed E-state index contributed by atoms with van der Waals surface area (Å²) >= 11 is 5.04. The fraction of sp³-hybridized carbons (Fsp3) is 0.316. The second-order valence-corrected chi connectivity index (χ2v) is 8.27. The number of ether oxygens (including phenoxy) is 2. The highest BCUT2D eigenvalue weighted by atomic mass is 79.9. The number of methoxy groups -OCH3 is 2. The van der Waals surface area contributed by atoms with E-state index in [1.807, 2.05) is 41.3 Å². The third-order valence-electron chi connectivity index (χ3n) is 4.32. The van der Waals surface area contributed by atoms with Gasteiger partial charge in [0.2, 0.25) is 5.91 Å². The van der Waals surface area contributed by atoms with Gasteiger partial charge in [-0.25, -0.2) is 0 Å². The molecule has 1 atom stereocenters. The number of nitrogens with zero attached hydrogens (tertiary/aromatic N) is 1. The van der Waals surface area contributed by atoms with Crippen molar-refractivity contribution in [2.45, 2.75) is 18.9 Å². The summed E-state index contributed by atoms with van der Waals surface area (Å²) in [6.07, 6.45) is 5.43. The molecule has 1 aromatic carbocycles. The monoisotopic (exact) mass is 421 g/mol. The van der Waals surface area contributed by atoms with Gasteiger partial charge in [-0.05, 0) is 65.2 Å². The predicted molar refractivity (Wildman–Crippen MR) is 104 cm³/mol. The Morgan fingerprint density at radius 3 is 2.80 bits per heavy atom. The van der Waals surface area contributed by atoms with Crippen LogP contribution < -0.4 is 9.47 Å². The summed E-state index contributed by atoms with van der Waals surface area (Å²) in [6, 6.07) is 9.72. The molecule has 3 rings (SSSR count). The van der Waals surface area contributed by atoms with Gasteiger partial charge in [0.05, 0.1) is 24.0 Å². The molecule has 25 heavy (non-hydrogen) atoms. The van der Waals surface area contributed by atoms with Crippen molar-refractivity contribution in [1.82, 2.24) is 4.90 Å². The second-order valence-electron chi connectivity index (χ2n) is 5.77. The minimum absolute atomic E-state index is 0.0114. The van der Waals surface area contributed by atoms with Crippen LogP contribution in [0.25, 0.3) is 6.08 Å². The maximum absolute atomic E-state index is 12.7. The number of carbonyl (C=O) groups excluding carboxylic acids is 1. The largest absolute Gasteiger partial charge is 0.497 e. The minimum atomic E-state index is 0.0114. The van der Waals surface area contributed by atoms with Gasteiger partial charge < -0.3 is 14.4 Å². The summed E-state index contributed by atoms with van der Waals surface area (Å²) in [6.45, 7) is 0.752. The van der Waals surface area contributed by atoms with Gasteiger partial charge in [-0.1, -0.05) is 0 Å². The zero-order valence-corrected chi connectivity index (χ0v) is 16.6. The maximum atomic E-state index is 12.7. The van der Waals surface area contributed by atoms with E-state index in [1.54, 1.807) is 31.6 Å². The van der Waals surface area contributed by atoms with Crippen LogP contribution in [0.4, 0.5) is 0 Å². The zero-order chi connectivity index (χ0) is 17.8.